The maximum atomic E-state index is 11.7. The lowest BCUT2D eigenvalue weighted by Crippen LogP contribution is -2.48. The highest BCUT2D eigenvalue weighted by atomic mass is 35.5. The van der Waals surface area contributed by atoms with Crippen molar-refractivity contribution in [3.63, 3.8) is 0 Å². The van der Waals surface area contributed by atoms with E-state index in [0.717, 1.165) is 42.5 Å². The van der Waals surface area contributed by atoms with Crippen molar-refractivity contribution < 1.29 is 8.42 Å². The third-order valence-electron chi connectivity index (χ3n) is 3.99. The predicted octanol–water partition coefficient (Wildman–Crippen LogP) is 2.85. The molecule has 1 aliphatic heterocycles. The minimum Gasteiger partial charge on any atom is -0.368 e. The van der Waals surface area contributed by atoms with Gasteiger partial charge in [0.2, 0.25) is 0 Å². The van der Waals surface area contributed by atoms with E-state index in [1.54, 1.807) is 6.92 Å². The van der Waals surface area contributed by atoms with Crippen LogP contribution < -0.4 is 4.90 Å². The molecule has 0 aromatic heterocycles. The van der Waals surface area contributed by atoms with Crippen molar-refractivity contribution in [1.82, 2.24) is 4.90 Å². The summed E-state index contributed by atoms with van der Waals surface area (Å²) in [7, 11) is -2.95. The highest BCUT2D eigenvalue weighted by molar-refractivity contribution is 7.91. The third-order valence-corrected chi connectivity index (χ3v) is 6.23. The van der Waals surface area contributed by atoms with Crippen molar-refractivity contribution in [2.24, 2.45) is 0 Å². The van der Waals surface area contributed by atoms with E-state index < -0.39 is 9.84 Å². The lowest BCUT2D eigenvalue weighted by Gasteiger charge is -2.36. The number of rotatable bonds is 5. The molecule has 1 unspecified atom stereocenters. The normalized spacial score (nSPS) is 18.5. The van der Waals surface area contributed by atoms with Gasteiger partial charge >= 0.3 is 0 Å². The highest BCUT2D eigenvalue weighted by Crippen LogP contribution is 2.31. The minimum absolute atomic E-state index is 0.154. The summed E-state index contributed by atoms with van der Waals surface area (Å²) in [5, 5.41) is 0.885. The van der Waals surface area contributed by atoms with Crippen molar-refractivity contribution in [1.29, 1.82) is 0 Å². The number of nitrogens with zero attached hydrogens (tertiary/aromatic N) is 2. The first-order valence-electron chi connectivity index (χ1n) is 7.47. The molecule has 1 atom stereocenters. The maximum Gasteiger partial charge on any atom is 0.163 e. The molecule has 124 valence electrons. The van der Waals surface area contributed by atoms with E-state index in [1.807, 2.05) is 30.0 Å². The molecule has 1 aromatic rings. The van der Waals surface area contributed by atoms with E-state index >= 15 is 0 Å². The second-order valence-electron chi connectivity index (χ2n) is 5.65. The molecule has 1 saturated heterocycles. The molecule has 0 spiro atoms. The summed E-state index contributed by atoms with van der Waals surface area (Å²) >= 11 is 10.8. The Labute approximate surface area is 143 Å². The van der Waals surface area contributed by atoms with Crippen LogP contribution in [0.4, 0.5) is 5.69 Å². The van der Waals surface area contributed by atoms with Gasteiger partial charge in [0, 0.05) is 37.2 Å². The average molecular weight is 363 g/mol. The SMILES string of the molecule is CCS(=O)(=O)CN1CCN(c2ccc(C(C)S)cc2Cl)CC1. The second kappa shape index (κ2) is 7.43. The number of sulfone groups is 1. The summed E-state index contributed by atoms with van der Waals surface area (Å²) in [6.45, 7) is 6.75. The molecule has 22 heavy (non-hydrogen) atoms. The molecule has 2 rings (SSSR count). The quantitative estimate of drug-likeness (QED) is 0.818. The molecule has 0 bridgehead atoms. The Hall–Kier alpha value is -0.430. The van der Waals surface area contributed by atoms with Crippen LogP contribution in [0.1, 0.15) is 24.7 Å². The maximum absolute atomic E-state index is 11.7. The first-order valence-corrected chi connectivity index (χ1v) is 10.2. The van der Waals surface area contributed by atoms with Crippen LogP contribution in [0.25, 0.3) is 0 Å². The van der Waals surface area contributed by atoms with Gasteiger partial charge in [-0.1, -0.05) is 24.6 Å². The number of benzene rings is 1. The van der Waals surface area contributed by atoms with Gasteiger partial charge in [-0.15, -0.1) is 0 Å². The Balaban J connectivity index is 2.00. The lowest BCUT2D eigenvalue weighted by atomic mass is 10.1. The molecular weight excluding hydrogens is 340 g/mol. The van der Waals surface area contributed by atoms with Crippen molar-refractivity contribution in [2.75, 3.05) is 42.7 Å². The molecular formula is C15H23ClN2O2S2. The Kier molecular flexibility index (Phi) is 6.05. The van der Waals surface area contributed by atoms with E-state index in [9.17, 15) is 8.42 Å². The largest absolute Gasteiger partial charge is 0.368 e. The van der Waals surface area contributed by atoms with Crippen LogP contribution in [0, 0.1) is 0 Å². The first kappa shape index (κ1) is 17.9. The van der Waals surface area contributed by atoms with Gasteiger partial charge in [0.15, 0.2) is 9.84 Å². The Bertz CT molecular complexity index is 612. The molecule has 0 saturated carbocycles. The van der Waals surface area contributed by atoms with Gasteiger partial charge in [0.1, 0.15) is 5.88 Å². The van der Waals surface area contributed by atoms with Gasteiger partial charge < -0.3 is 4.90 Å². The second-order valence-corrected chi connectivity index (χ2v) is 9.16. The fourth-order valence-electron chi connectivity index (χ4n) is 2.53. The van der Waals surface area contributed by atoms with Crippen LogP contribution >= 0.6 is 24.2 Å². The molecule has 1 fully saturated rings. The van der Waals surface area contributed by atoms with E-state index in [0.29, 0.717) is 0 Å². The van der Waals surface area contributed by atoms with E-state index in [1.165, 1.54) is 0 Å². The zero-order valence-electron chi connectivity index (χ0n) is 13.0. The zero-order chi connectivity index (χ0) is 16.3. The van der Waals surface area contributed by atoms with Gasteiger partial charge in [-0.2, -0.15) is 12.6 Å². The number of halogens is 1. The standard InChI is InChI=1S/C15H23ClN2O2S2/c1-3-22(19,20)11-17-6-8-18(9-7-17)15-5-4-13(12(2)21)10-14(15)16/h4-5,10,12,21H,3,6-9,11H2,1-2H3. The van der Waals surface area contributed by atoms with Crippen molar-refractivity contribution in [2.45, 2.75) is 19.1 Å². The fourth-order valence-corrected chi connectivity index (χ4v) is 3.99. The Morgan fingerprint density at radius 2 is 1.91 bits per heavy atom. The van der Waals surface area contributed by atoms with Crippen LogP contribution in [0.15, 0.2) is 18.2 Å². The monoisotopic (exact) mass is 362 g/mol. The number of hydrogen-bond donors (Lipinski definition) is 1. The van der Waals surface area contributed by atoms with E-state index in [2.05, 4.69) is 17.5 Å². The first-order chi connectivity index (χ1) is 10.3. The number of anilines is 1. The molecule has 0 N–H and O–H groups in total. The summed E-state index contributed by atoms with van der Waals surface area (Å²) in [6, 6.07) is 6.04. The Morgan fingerprint density at radius 3 is 2.41 bits per heavy atom. The third kappa shape index (κ3) is 4.54. The Morgan fingerprint density at radius 1 is 1.27 bits per heavy atom. The smallest absolute Gasteiger partial charge is 0.163 e. The number of thiol groups is 1. The summed E-state index contributed by atoms with van der Waals surface area (Å²) < 4.78 is 23.4. The van der Waals surface area contributed by atoms with Crippen LogP contribution in [-0.4, -0.2) is 51.1 Å². The average Bonchev–Trinajstić information content (AvgIpc) is 2.48. The molecule has 0 aliphatic carbocycles. The number of hydrogen-bond acceptors (Lipinski definition) is 5. The fraction of sp³-hybridized carbons (Fsp3) is 0.600. The summed E-state index contributed by atoms with van der Waals surface area (Å²) in [4.78, 5) is 4.21. The van der Waals surface area contributed by atoms with Crippen LogP contribution in [-0.2, 0) is 9.84 Å². The van der Waals surface area contributed by atoms with Crippen molar-refractivity contribution in [3.05, 3.63) is 28.8 Å². The zero-order valence-corrected chi connectivity index (χ0v) is 15.5. The van der Waals surface area contributed by atoms with Crippen molar-refractivity contribution >= 4 is 39.8 Å². The summed E-state index contributed by atoms with van der Waals surface area (Å²) in [5.74, 6) is 0.351. The van der Waals surface area contributed by atoms with Gasteiger partial charge in [0.05, 0.1) is 10.7 Å². The van der Waals surface area contributed by atoms with Crippen molar-refractivity contribution in [3.8, 4) is 0 Å². The minimum atomic E-state index is -2.95. The van der Waals surface area contributed by atoms with Crippen LogP contribution in [0.3, 0.4) is 0 Å². The predicted molar refractivity (Wildman–Crippen MR) is 97.0 cm³/mol. The van der Waals surface area contributed by atoms with Gasteiger partial charge in [-0.05, 0) is 24.6 Å². The number of piperazine rings is 1. The van der Waals surface area contributed by atoms with E-state index in [4.69, 9.17) is 11.6 Å². The molecule has 0 radical (unpaired) electrons. The summed E-state index contributed by atoms with van der Waals surface area (Å²) in [5.41, 5.74) is 2.11. The van der Waals surface area contributed by atoms with Gasteiger partial charge in [-0.3, -0.25) is 4.90 Å². The molecule has 4 nitrogen and oxygen atoms in total. The van der Waals surface area contributed by atoms with E-state index in [-0.39, 0.29) is 16.9 Å². The molecule has 1 heterocycles. The molecule has 0 amide bonds. The van der Waals surface area contributed by atoms with Gasteiger partial charge in [0.25, 0.3) is 0 Å². The topological polar surface area (TPSA) is 40.6 Å². The molecule has 7 heteroatoms. The van der Waals surface area contributed by atoms with Gasteiger partial charge in [-0.25, -0.2) is 8.42 Å². The van der Waals surface area contributed by atoms with Crippen LogP contribution in [0.2, 0.25) is 5.02 Å². The lowest BCUT2D eigenvalue weighted by molar-refractivity contribution is 0.294. The molecule has 1 aromatic carbocycles. The highest BCUT2D eigenvalue weighted by Gasteiger charge is 2.22. The molecule has 1 aliphatic rings. The summed E-state index contributed by atoms with van der Waals surface area (Å²) in [6.07, 6.45) is 0. The van der Waals surface area contributed by atoms with Crippen LogP contribution in [0.5, 0.6) is 0 Å².